The van der Waals surface area contributed by atoms with Gasteiger partial charge >= 0.3 is 6.98 Å². The Labute approximate surface area is 182 Å². The zero-order valence-corrected chi connectivity index (χ0v) is 17.2. The van der Waals surface area contributed by atoms with Crippen molar-refractivity contribution in [2.75, 3.05) is 0 Å². The summed E-state index contributed by atoms with van der Waals surface area (Å²) in [5, 5.41) is 4.37. The summed E-state index contributed by atoms with van der Waals surface area (Å²) < 4.78 is 4.45. The average molecular weight is 410 g/mol. The van der Waals surface area contributed by atoms with Gasteiger partial charge in [0.2, 0.25) is 0 Å². The fourth-order valence-electron chi connectivity index (χ4n) is 5.31. The van der Waals surface area contributed by atoms with E-state index in [4.69, 9.17) is 20.0 Å². The Morgan fingerprint density at radius 3 is 1.69 bits per heavy atom. The van der Waals surface area contributed by atoms with E-state index >= 15 is 0 Å². The third-order valence-corrected chi connectivity index (χ3v) is 6.73. The minimum Gasteiger partial charge on any atom is -0.334 e. The highest BCUT2D eigenvalue weighted by Crippen LogP contribution is 2.40. The number of hydrogen-bond acceptors (Lipinski definition) is 4. The molecule has 0 N–H and O–H groups in total. The van der Waals surface area contributed by atoms with Gasteiger partial charge in [0.05, 0.1) is 0 Å². The molecular weight excluding hydrogens is 395 g/mol. The van der Waals surface area contributed by atoms with Crippen molar-refractivity contribution in [2.45, 2.75) is 6.82 Å². The second kappa shape index (κ2) is 5.51. The van der Waals surface area contributed by atoms with Crippen LogP contribution in [0.4, 0.5) is 11.6 Å². The van der Waals surface area contributed by atoms with Gasteiger partial charge < -0.3 is 8.96 Å². The maximum Gasteiger partial charge on any atom is 0.386 e. The van der Waals surface area contributed by atoms with Crippen molar-refractivity contribution in [3.8, 4) is 0 Å². The largest absolute Gasteiger partial charge is 0.386 e. The Balaban J connectivity index is 1.69. The van der Waals surface area contributed by atoms with E-state index in [1.165, 1.54) is 0 Å². The van der Waals surface area contributed by atoms with Crippen molar-refractivity contribution in [1.29, 1.82) is 0 Å². The van der Waals surface area contributed by atoms with Crippen LogP contribution in [-0.2, 0) is 0 Å². The van der Waals surface area contributed by atoms with Gasteiger partial charge in [-0.25, -0.2) is 20.0 Å². The van der Waals surface area contributed by atoms with Gasteiger partial charge in [0.25, 0.3) is 0 Å². The van der Waals surface area contributed by atoms with Crippen molar-refractivity contribution < 1.29 is 0 Å². The fourth-order valence-corrected chi connectivity index (χ4v) is 5.31. The van der Waals surface area contributed by atoms with Gasteiger partial charge in [0.1, 0.15) is 22.6 Å². The summed E-state index contributed by atoms with van der Waals surface area (Å²) in [6, 6.07) is 24.9. The molecule has 2 aromatic heterocycles. The highest BCUT2D eigenvalue weighted by molar-refractivity contribution is 6.56. The van der Waals surface area contributed by atoms with Crippen LogP contribution in [0.5, 0.6) is 0 Å². The van der Waals surface area contributed by atoms with Crippen molar-refractivity contribution >= 4 is 51.8 Å². The van der Waals surface area contributed by atoms with Gasteiger partial charge in [-0.3, -0.25) is 0 Å². The van der Waals surface area contributed by atoms with Gasteiger partial charge in [-0.2, -0.15) is 0 Å². The van der Waals surface area contributed by atoms with E-state index in [0.29, 0.717) is 11.7 Å². The summed E-state index contributed by atoms with van der Waals surface area (Å²) >= 11 is 0. The Kier molecular flexibility index (Phi) is 2.83. The number of benzene rings is 3. The normalized spacial score (nSPS) is 17.9. The monoisotopic (exact) mass is 410 g/mol. The predicted molar refractivity (Wildman–Crippen MR) is 127 cm³/mol. The van der Waals surface area contributed by atoms with Crippen LogP contribution < -0.4 is 11.0 Å². The molecule has 32 heavy (non-hydrogen) atoms. The molecule has 0 aliphatic carbocycles. The number of rotatable bonds is 0. The molecule has 0 radical (unpaired) electrons. The number of hydrogen-bond donors (Lipinski definition) is 0. The minimum atomic E-state index is -0.0309. The van der Waals surface area contributed by atoms with Crippen LogP contribution in [-0.4, -0.2) is 27.6 Å². The van der Waals surface area contributed by atoms with Crippen molar-refractivity contribution in [3.05, 3.63) is 94.9 Å². The second-order valence-electron chi connectivity index (χ2n) is 8.40. The molecule has 0 saturated heterocycles. The molecule has 148 valence electrons. The van der Waals surface area contributed by atoms with Crippen LogP contribution in [0, 0.1) is 0 Å². The first-order valence-corrected chi connectivity index (χ1v) is 10.8. The lowest BCUT2D eigenvalue weighted by molar-refractivity contribution is 0.920. The number of nitrogens with zero attached hydrogens (tertiary/aromatic N) is 6. The summed E-state index contributed by atoms with van der Waals surface area (Å²) in [6.07, 6.45) is 0. The molecule has 0 unspecified atom stereocenters. The van der Waals surface area contributed by atoms with Crippen molar-refractivity contribution in [1.82, 2.24) is 8.96 Å². The minimum absolute atomic E-state index is 0.0309. The SMILES string of the molecule is CB1n2c3c4ccccc4c2/N=C2N=C(/N=c4/c5ccccc5c(n41)=N3)c1ccccc1\2. The molecule has 0 amide bonds. The first-order valence-electron chi connectivity index (χ1n) is 10.8. The lowest BCUT2D eigenvalue weighted by Gasteiger charge is -2.20. The maximum absolute atomic E-state index is 5.19. The molecule has 0 fully saturated rings. The summed E-state index contributed by atoms with van der Waals surface area (Å²) in [4.78, 5) is 20.3. The molecule has 0 atom stereocenters. The third-order valence-electron chi connectivity index (χ3n) is 6.73. The number of aliphatic imine (C=N–C) groups is 2. The summed E-state index contributed by atoms with van der Waals surface area (Å²) in [6.45, 7) is 2.16. The van der Waals surface area contributed by atoms with Crippen molar-refractivity contribution in [3.63, 3.8) is 0 Å². The highest BCUT2D eigenvalue weighted by Gasteiger charge is 2.33. The average Bonchev–Trinajstić information content (AvgIpc) is 3.45. The first-order chi connectivity index (χ1) is 15.8. The van der Waals surface area contributed by atoms with Gasteiger partial charge in [0.15, 0.2) is 11.7 Å². The van der Waals surface area contributed by atoms with E-state index in [9.17, 15) is 0 Å². The van der Waals surface area contributed by atoms with Gasteiger partial charge in [-0.15, -0.1) is 0 Å². The molecule has 3 aliphatic heterocycles. The van der Waals surface area contributed by atoms with Gasteiger partial charge in [0, 0.05) is 32.7 Å². The van der Waals surface area contributed by atoms with E-state index in [2.05, 4.69) is 76.4 Å². The van der Waals surface area contributed by atoms with Crippen LogP contribution >= 0.6 is 0 Å². The summed E-state index contributed by atoms with van der Waals surface area (Å²) in [5.41, 5.74) is 3.85. The molecule has 4 bridgehead atoms. The molecule has 8 rings (SSSR count). The Morgan fingerprint density at radius 2 is 1.03 bits per heavy atom. The van der Waals surface area contributed by atoms with Crippen LogP contribution in [0.25, 0.3) is 21.5 Å². The van der Waals surface area contributed by atoms with E-state index in [0.717, 1.165) is 55.3 Å². The Morgan fingerprint density at radius 1 is 0.531 bits per heavy atom. The Hall–Kier alpha value is -4.26. The molecule has 6 nitrogen and oxygen atoms in total. The van der Waals surface area contributed by atoms with E-state index in [1.54, 1.807) is 0 Å². The zero-order chi connectivity index (χ0) is 21.0. The quantitative estimate of drug-likeness (QED) is 0.349. The number of aromatic nitrogens is 2. The molecule has 7 heteroatoms. The third kappa shape index (κ3) is 1.83. The molecule has 0 spiro atoms. The molecule has 0 saturated carbocycles. The summed E-state index contributed by atoms with van der Waals surface area (Å²) in [7, 11) is 0. The topological polar surface area (TPSA) is 59.3 Å². The smallest absolute Gasteiger partial charge is 0.334 e. The predicted octanol–water partition coefficient (Wildman–Crippen LogP) is 3.85. The molecule has 3 aliphatic rings. The van der Waals surface area contributed by atoms with E-state index < -0.39 is 0 Å². The first kappa shape index (κ1) is 16.4. The van der Waals surface area contributed by atoms with E-state index in [1.807, 2.05) is 12.1 Å². The van der Waals surface area contributed by atoms with Gasteiger partial charge in [-0.05, 0) is 6.82 Å². The van der Waals surface area contributed by atoms with Crippen LogP contribution in [0.2, 0.25) is 6.82 Å². The molecule has 3 aromatic carbocycles. The highest BCUT2D eigenvalue weighted by atomic mass is 15.2. The maximum atomic E-state index is 5.19. The second-order valence-corrected chi connectivity index (χ2v) is 8.40. The number of fused-ring (bicyclic) bond motifs is 10. The molecule has 5 heterocycles. The lowest BCUT2D eigenvalue weighted by Crippen LogP contribution is -2.46. The van der Waals surface area contributed by atoms with Crippen molar-refractivity contribution in [2.24, 2.45) is 20.0 Å². The lowest BCUT2D eigenvalue weighted by atomic mass is 9.78. The van der Waals surface area contributed by atoms with E-state index in [-0.39, 0.29) is 6.98 Å². The standard InChI is InChI=1S/C25H15BN6/c1-26-31-22-16-10-4-6-12-18(16)24(31)30-25-19-13-7-5-11-17(19)23(32(25)26)29-21-15-9-3-2-8-14(15)20(27-21)28-22/h2-13H,1H3/b28-20-,28-22?,29-21?,29-23-. The molecule has 5 aromatic rings. The Bertz CT molecular complexity index is 1850. The van der Waals surface area contributed by atoms with Crippen LogP contribution in [0.15, 0.2) is 92.8 Å². The zero-order valence-electron chi connectivity index (χ0n) is 17.2. The summed E-state index contributed by atoms with van der Waals surface area (Å²) in [5.74, 6) is 3.23. The number of amidine groups is 2. The van der Waals surface area contributed by atoms with Crippen LogP contribution in [0.1, 0.15) is 11.1 Å². The fraction of sp³-hybridized carbons (Fsp3) is 0.0400. The van der Waals surface area contributed by atoms with Crippen LogP contribution in [0.3, 0.4) is 0 Å². The molecular formula is C25H15BN6. The van der Waals surface area contributed by atoms with Gasteiger partial charge in [-0.1, -0.05) is 72.8 Å².